The summed E-state index contributed by atoms with van der Waals surface area (Å²) in [6.45, 7) is 0.0744. The van der Waals surface area contributed by atoms with Gasteiger partial charge in [-0.15, -0.1) is 0 Å². The summed E-state index contributed by atoms with van der Waals surface area (Å²) in [6.07, 6.45) is -1.95. The van der Waals surface area contributed by atoms with E-state index in [9.17, 15) is 13.2 Å². The lowest BCUT2D eigenvalue weighted by Gasteiger charge is -2.16. The van der Waals surface area contributed by atoms with Gasteiger partial charge in [-0.2, -0.15) is 18.3 Å². The number of halogens is 4. The van der Waals surface area contributed by atoms with E-state index in [0.717, 1.165) is 5.56 Å². The van der Waals surface area contributed by atoms with Crippen molar-refractivity contribution in [1.82, 2.24) is 14.8 Å². The van der Waals surface area contributed by atoms with Gasteiger partial charge < -0.3 is 11.5 Å². The maximum Gasteiger partial charge on any atom is 0.435 e. The second kappa shape index (κ2) is 8.64. The third-order valence-electron chi connectivity index (χ3n) is 5.13. The minimum atomic E-state index is -4.69. The zero-order chi connectivity index (χ0) is 22.9. The molecule has 164 valence electrons. The smallest absolute Gasteiger partial charge is 0.383 e. The van der Waals surface area contributed by atoms with Crippen molar-refractivity contribution >= 4 is 17.4 Å². The van der Waals surface area contributed by atoms with Crippen LogP contribution in [-0.2, 0) is 6.18 Å². The maximum absolute atomic E-state index is 14.0. The molecule has 1 unspecified atom stereocenters. The van der Waals surface area contributed by atoms with Gasteiger partial charge in [-0.25, -0.2) is 4.98 Å². The van der Waals surface area contributed by atoms with E-state index in [4.69, 9.17) is 23.1 Å². The van der Waals surface area contributed by atoms with E-state index >= 15 is 0 Å². The lowest BCUT2D eigenvalue weighted by Crippen LogP contribution is -2.21. The molecule has 2 aromatic carbocycles. The van der Waals surface area contributed by atoms with E-state index < -0.39 is 17.9 Å². The molecule has 0 spiro atoms. The van der Waals surface area contributed by atoms with Gasteiger partial charge in [0.05, 0.1) is 6.04 Å². The third kappa shape index (κ3) is 4.19. The van der Waals surface area contributed by atoms with Crippen molar-refractivity contribution in [3.05, 3.63) is 89.3 Å². The van der Waals surface area contributed by atoms with Gasteiger partial charge in [-0.3, -0.25) is 4.68 Å². The van der Waals surface area contributed by atoms with Crippen LogP contribution in [0.3, 0.4) is 0 Å². The van der Waals surface area contributed by atoms with Gasteiger partial charge in [-0.1, -0.05) is 54.1 Å². The number of nitrogens with two attached hydrogens (primary N) is 2. The first-order chi connectivity index (χ1) is 15.3. The Balaban J connectivity index is 1.93. The predicted molar refractivity (Wildman–Crippen MR) is 119 cm³/mol. The molecule has 9 heteroatoms. The van der Waals surface area contributed by atoms with Gasteiger partial charge >= 0.3 is 6.18 Å². The molecular weight excluding hydrogens is 439 g/mol. The highest BCUT2D eigenvalue weighted by molar-refractivity contribution is 6.30. The lowest BCUT2D eigenvalue weighted by atomic mass is 9.95. The summed E-state index contributed by atoms with van der Waals surface area (Å²) in [5.41, 5.74) is 12.9. The molecule has 2 aromatic heterocycles. The van der Waals surface area contributed by atoms with Gasteiger partial charge in [0.2, 0.25) is 0 Å². The van der Waals surface area contributed by atoms with Gasteiger partial charge in [0, 0.05) is 35.1 Å². The first-order valence-corrected chi connectivity index (χ1v) is 10.1. The minimum Gasteiger partial charge on any atom is -0.383 e. The van der Waals surface area contributed by atoms with Crippen LogP contribution in [0.15, 0.2) is 73.1 Å². The van der Waals surface area contributed by atoms with Crippen molar-refractivity contribution in [3.8, 4) is 22.3 Å². The number of nitrogen functional groups attached to an aromatic ring is 1. The highest BCUT2D eigenvalue weighted by Gasteiger charge is 2.39. The summed E-state index contributed by atoms with van der Waals surface area (Å²) in [5.74, 6) is 0.101. The molecule has 0 amide bonds. The largest absolute Gasteiger partial charge is 0.435 e. The molecule has 32 heavy (non-hydrogen) atoms. The van der Waals surface area contributed by atoms with Crippen molar-refractivity contribution in [2.75, 3.05) is 12.3 Å². The Morgan fingerprint density at radius 2 is 1.66 bits per heavy atom. The third-order valence-corrected chi connectivity index (χ3v) is 5.38. The Morgan fingerprint density at radius 3 is 2.28 bits per heavy atom. The number of pyridine rings is 1. The molecule has 1 atom stereocenters. The monoisotopic (exact) mass is 457 g/mol. The van der Waals surface area contributed by atoms with Crippen LogP contribution in [0.4, 0.5) is 19.0 Å². The Morgan fingerprint density at radius 1 is 0.969 bits per heavy atom. The highest BCUT2D eigenvalue weighted by Crippen LogP contribution is 2.42. The number of nitrogens with zero attached hydrogens (tertiary/aromatic N) is 3. The molecule has 4 rings (SSSR count). The molecule has 0 saturated heterocycles. The topological polar surface area (TPSA) is 82.8 Å². The number of rotatable bonds is 5. The lowest BCUT2D eigenvalue weighted by molar-refractivity contribution is -0.141. The molecular formula is C23H19ClF3N5. The van der Waals surface area contributed by atoms with Gasteiger partial charge in [0.15, 0.2) is 5.69 Å². The summed E-state index contributed by atoms with van der Waals surface area (Å²) >= 11 is 5.97. The fourth-order valence-electron chi connectivity index (χ4n) is 3.65. The van der Waals surface area contributed by atoms with Crippen LogP contribution < -0.4 is 11.5 Å². The summed E-state index contributed by atoms with van der Waals surface area (Å²) in [5, 5.41) is 4.41. The summed E-state index contributed by atoms with van der Waals surface area (Å²) in [6, 6.07) is 16.6. The molecule has 4 aromatic rings. The van der Waals surface area contributed by atoms with Crippen LogP contribution in [0.25, 0.3) is 22.3 Å². The average molecular weight is 458 g/mol. The fourth-order valence-corrected chi connectivity index (χ4v) is 3.78. The molecule has 0 aliphatic rings. The quantitative estimate of drug-likeness (QED) is 0.419. The number of hydrogen-bond donors (Lipinski definition) is 2. The normalized spacial score (nSPS) is 12.7. The van der Waals surface area contributed by atoms with Crippen molar-refractivity contribution in [2.45, 2.75) is 12.2 Å². The number of aromatic nitrogens is 3. The zero-order valence-electron chi connectivity index (χ0n) is 16.7. The minimum absolute atomic E-state index is 0.0744. The van der Waals surface area contributed by atoms with E-state index in [0.29, 0.717) is 16.1 Å². The van der Waals surface area contributed by atoms with E-state index in [1.54, 1.807) is 48.5 Å². The maximum atomic E-state index is 14.0. The highest BCUT2D eigenvalue weighted by atomic mass is 35.5. The first kappa shape index (κ1) is 21.9. The predicted octanol–water partition coefficient (Wildman–Crippen LogP) is 5.41. The molecule has 0 aliphatic heterocycles. The molecule has 0 fully saturated rings. The Bertz CT molecular complexity index is 1220. The van der Waals surface area contributed by atoms with Crippen LogP contribution in [0.1, 0.15) is 17.3 Å². The fraction of sp³-hybridized carbons (Fsp3) is 0.130. The van der Waals surface area contributed by atoms with Gasteiger partial charge in [0.1, 0.15) is 5.82 Å². The molecule has 0 bridgehead atoms. The standard InChI is InChI=1S/C23H19ClF3N5/c24-16-8-6-15(7-9-16)20-17(10-11-30-22(20)29)18-13-32(31-21(18)23(25,26)27)19(12-28)14-4-2-1-3-5-14/h1-11,13,19H,12,28H2,(H2,29,30). The molecule has 5 nitrogen and oxygen atoms in total. The Kier molecular flexibility index (Phi) is 5.90. The van der Waals surface area contributed by atoms with E-state index in [2.05, 4.69) is 10.1 Å². The van der Waals surface area contributed by atoms with Crippen LogP contribution in [0.5, 0.6) is 0 Å². The van der Waals surface area contributed by atoms with Crippen molar-refractivity contribution in [1.29, 1.82) is 0 Å². The summed E-state index contributed by atoms with van der Waals surface area (Å²) < 4.78 is 43.4. The van der Waals surface area contributed by atoms with Gasteiger partial charge in [0.25, 0.3) is 0 Å². The summed E-state index contributed by atoms with van der Waals surface area (Å²) in [4.78, 5) is 4.08. The second-order valence-corrected chi connectivity index (χ2v) is 7.59. The Hall–Kier alpha value is -3.36. The van der Waals surface area contributed by atoms with E-state index in [-0.39, 0.29) is 23.5 Å². The summed E-state index contributed by atoms with van der Waals surface area (Å²) in [7, 11) is 0. The van der Waals surface area contributed by atoms with Crippen molar-refractivity contribution in [2.24, 2.45) is 5.73 Å². The first-order valence-electron chi connectivity index (χ1n) is 9.71. The SMILES string of the molecule is NCC(c1ccccc1)n1cc(-c2ccnc(N)c2-c2ccc(Cl)cc2)c(C(F)(F)F)n1. The molecule has 4 N–H and O–H groups in total. The van der Waals surface area contributed by atoms with Crippen molar-refractivity contribution in [3.63, 3.8) is 0 Å². The molecule has 2 heterocycles. The molecule has 0 saturated carbocycles. The second-order valence-electron chi connectivity index (χ2n) is 7.16. The zero-order valence-corrected chi connectivity index (χ0v) is 17.5. The van der Waals surface area contributed by atoms with E-state index in [1.807, 2.05) is 6.07 Å². The Labute approximate surface area is 187 Å². The van der Waals surface area contributed by atoms with Crippen LogP contribution in [0, 0.1) is 0 Å². The average Bonchev–Trinajstić information content (AvgIpc) is 3.21. The van der Waals surface area contributed by atoms with Gasteiger partial charge in [-0.05, 0) is 34.9 Å². The molecule has 0 aliphatic carbocycles. The van der Waals surface area contributed by atoms with Crippen molar-refractivity contribution < 1.29 is 13.2 Å². The number of alkyl halides is 3. The number of benzene rings is 2. The number of hydrogen-bond acceptors (Lipinski definition) is 4. The van der Waals surface area contributed by atoms with E-state index in [1.165, 1.54) is 23.1 Å². The van der Waals surface area contributed by atoms with Crippen LogP contribution in [0.2, 0.25) is 5.02 Å². The van der Waals surface area contributed by atoms with Crippen LogP contribution in [-0.4, -0.2) is 21.3 Å². The molecule has 0 radical (unpaired) electrons. The van der Waals surface area contributed by atoms with Crippen LogP contribution >= 0.6 is 11.6 Å². The number of anilines is 1.